The molecule has 0 bridgehead atoms. The third kappa shape index (κ3) is 5.52. The largest absolute Gasteiger partial charge is 0.357 e. The number of hydrogen-bond donors (Lipinski definition) is 2. The minimum Gasteiger partial charge on any atom is -0.357 e. The van der Waals surface area contributed by atoms with Gasteiger partial charge in [-0.2, -0.15) is 0 Å². The van der Waals surface area contributed by atoms with Crippen LogP contribution in [-0.4, -0.2) is 38.0 Å². The second-order valence-corrected chi connectivity index (χ2v) is 7.31. The van der Waals surface area contributed by atoms with Crippen LogP contribution in [0.25, 0.3) is 0 Å². The maximum atomic E-state index is 4.78. The standard InChI is InChI=1S/C20H34N4/c1-5-20(11-8-12-20)16-23-19(21-6-2)22-14-17-9-7-10-18(13-17)15-24(3)4/h7,9-10,13H,5-6,8,11-12,14-16H2,1-4H3,(H2,21,22,23). The summed E-state index contributed by atoms with van der Waals surface area (Å²) in [6.07, 6.45) is 5.33. The molecule has 1 fully saturated rings. The van der Waals surface area contributed by atoms with Crippen molar-refractivity contribution in [2.24, 2.45) is 10.4 Å². The Morgan fingerprint density at radius 3 is 2.50 bits per heavy atom. The van der Waals surface area contributed by atoms with Crippen LogP contribution in [0.15, 0.2) is 29.3 Å². The second-order valence-electron chi connectivity index (χ2n) is 7.31. The van der Waals surface area contributed by atoms with E-state index < -0.39 is 0 Å². The maximum absolute atomic E-state index is 4.78. The van der Waals surface area contributed by atoms with E-state index in [0.717, 1.165) is 32.1 Å². The van der Waals surface area contributed by atoms with E-state index >= 15 is 0 Å². The molecule has 4 heteroatoms. The van der Waals surface area contributed by atoms with Crippen LogP contribution in [0.3, 0.4) is 0 Å². The van der Waals surface area contributed by atoms with Crippen molar-refractivity contribution < 1.29 is 0 Å². The molecule has 1 saturated carbocycles. The van der Waals surface area contributed by atoms with Crippen LogP contribution in [0.4, 0.5) is 0 Å². The summed E-state index contributed by atoms with van der Waals surface area (Å²) in [5, 5.41) is 6.94. The molecule has 2 rings (SSSR count). The van der Waals surface area contributed by atoms with Gasteiger partial charge in [-0.3, -0.25) is 0 Å². The van der Waals surface area contributed by atoms with Gasteiger partial charge in [-0.05, 0) is 56.8 Å². The molecule has 0 heterocycles. The number of nitrogens with zero attached hydrogens (tertiary/aromatic N) is 2. The zero-order chi connectivity index (χ0) is 17.4. The smallest absolute Gasteiger partial charge is 0.191 e. The van der Waals surface area contributed by atoms with Gasteiger partial charge in [0, 0.05) is 19.6 Å². The van der Waals surface area contributed by atoms with E-state index in [2.05, 4.69) is 67.7 Å². The highest BCUT2D eigenvalue weighted by atomic mass is 15.2. The molecule has 24 heavy (non-hydrogen) atoms. The number of guanidine groups is 1. The molecule has 1 aliphatic rings. The van der Waals surface area contributed by atoms with Crippen molar-refractivity contribution in [1.29, 1.82) is 0 Å². The fraction of sp³-hybridized carbons (Fsp3) is 0.650. The zero-order valence-electron chi connectivity index (χ0n) is 15.9. The van der Waals surface area contributed by atoms with Gasteiger partial charge in [-0.1, -0.05) is 37.6 Å². The van der Waals surface area contributed by atoms with E-state index in [1.807, 2.05) is 0 Å². The lowest BCUT2D eigenvalue weighted by Gasteiger charge is -2.41. The van der Waals surface area contributed by atoms with E-state index in [-0.39, 0.29) is 0 Å². The van der Waals surface area contributed by atoms with Crippen LogP contribution in [0.1, 0.15) is 50.7 Å². The molecule has 134 valence electrons. The van der Waals surface area contributed by atoms with E-state index in [9.17, 15) is 0 Å². The predicted octanol–water partition coefficient (Wildman–Crippen LogP) is 3.38. The summed E-state index contributed by atoms with van der Waals surface area (Å²) in [5.41, 5.74) is 3.10. The lowest BCUT2D eigenvalue weighted by molar-refractivity contribution is 0.131. The molecular weight excluding hydrogens is 296 g/mol. The first-order valence-electron chi connectivity index (χ1n) is 9.31. The van der Waals surface area contributed by atoms with Crippen LogP contribution < -0.4 is 10.6 Å². The van der Waals surface area contributed by atoms with Crippen molar-refractivity contribution in [3.05, 3.63) is 35.4 Å². The Kier molecular flexibility index (Phi) is 7.10. The Morgan fingerprint density at radius 2 is 1.92 bits per heavy atom. The van der Waals surface area contributed by atoms with Crippen molar-refractivity contribution >= 4 is 5.96 Å². The first kappa shape index (κ1) is 18.8. The van der Waals surface area contributed by atoms with Gasteiger partial charge < -0.3 is 15.5 Å². The van der Waals surface area contributed by atoms with Crippen molar-refractivity contribution in [3.8, 4) is 0 Å². The molecule has 0 amide bonds. The first-order chi connectivity index (χ1) is 11.6. The van der Waals surface area contributed by atoms with Crippen LogP contribution in [-0.2, 0) is 13.1 Å². The average Bonchev–Trinajstić information content (AvgIpc) is 2.51. The number of aliphatic imine (C=N–C) groups is 1. The van der Waals surface area contributed by atoms with Crippen molar-refractivity contribution in [2.45, 2.75) is 52.6 Å². The fourth-order valence-corrected chi connectivity index (χ4v) is 3.31. The summed E-state index contributed by atoms with van der Waals surface area (Å²) in [4.78, 5) is 6.97. The summed E-state index contributed by atoms with van der Waals surface area (Å²) >= 11 is 0. The molecule has 0 unspecified atom stereocenters. The Hall–Kier alpha value is -1.55. The normalized spacial score (nSPS) is 16.8. The van der Waals surface area contributed by atoms with E-state index in [4.69, 9.17) is 4.99 Å². The van der Waals surface area contributed by atoms with Gasteiger partial charge in [0.05, 0.1) is 6.54 Å². The van der Waals surface area contributed by atoms with Crippen molar-refractivity contribution in [2.75, 3.05) is 27.2 Å². The Morgan fingerprint density at radius 1 is 1.17 bits per heavy atom. The molecule has 0 aromatic heterocycles. The Labute approximate surface area is 147 Å². The highest BCUT2D eigenvalue weighted by Gasteiger charge is 2.34. The van der Waals surface area contributed by atoms with Crippen LogP contribution in [0.2, 0.25) is 0 Å². The number of benzene rings is 1. The fourth-order valence-electron chi connectivity index (χ4n) is 3.31. The molecule has 1 aliphatic carbocycles. The molecule has 0 spiro atoms. The lowest BCUT2D eigenvalue weighted by Crippen LogP contribution is -2.46. The van der Waals surface area contributed by atoms with Gasteiger partial charge in [0.2, 0.25) is 0 Å². The van der Waals surface area contributed by atoms with Gasteiger partial charge in [0.25, 0.3) is 0 Å². The Balaban J connectivity index is 1.94. The van der Waals surface area contributed by atoms with Gasteiger partial charge in [-0.15, -0.1) is 0 Å². The monoisotopic (exact) mass is 330 g/mol. The molecule has 1 aromatic rings. The second kappa shape index (κ2) is 9.07. The molecule has 2 N–H and O–H groups in total. The van der Waals surface area contributed by atoms with Gasteiger partial charge in [0.15, 0.2) is 5.96 Å². The Bertz CT molecular complexity index is 527. The zero-order valence-corrected chi connectivity index (χ0v) is 15.9. The van der Waals surface area contributed by atoms with Crippen molar-refractivity contribution in [3.63, 3.8) is 0 Å². The number of rotatable bonds is 8. The minimum absolute atomic E-state index is 0.502. The summed E-state index contributed by atoms with van der Waals surface area (Å²) in [7, 11) is 4.20. The first-order valence-corrected chi connectivity index (χ1v) is 9.31. The predicted molar refractivity (Wildman–Crippen MR) is 103 cm³/mol. The summed E-state index contributed by atoms with van der Waals surface area (Å²) in [6, 6.07) is 8.72. The quantitative estimate of drug-likeness (QED) is 0.567. The summed E-state index contributed by atoms with van der Waals surface area (Å²) in [6.45, 7) is 8.04. The maximum Gasteiger partial charge on any atom is 0.191 e. The molecule has 1 aromatic carbocycles. The third-order valence-electron chi connectivity index (χ3n) is 5.05. The van der Waals surface area contributed by atoms with E-state index in [1.165, 1.54) is 36.8 Å². The van der Waals surface area contributed by atoms with Crippen LogP contribution in [0.5, 0.6) is 0 Å². The molecule has 0 radical (unpaired) electrons. The molecule has 0 saturated heterocycles. The number of nitrogens with one attached hydrogen (secondary N) is 2. The van der Waals surface area contributed by atoms with E-state index in [0.29, 0.717) is 5.41 Å². The molecule has 0 aliphatic heterocycles. The topological polar surface area (TPSA) is 39.7 Å². The molecular formula is C20H34N4. The summed E-state index contributed by atoms with van der Waals surface area (Å²) in [5.74, 6) is 0.940. The van der Waals surface area contributed by atoms with Gasteiger partial charge in [0.1, 0.15) is 0 Å². The van der Waals surface area contributed by atoms with Crippen LogP contribution >= 0.6 is 0 Å². The van der Waals surface area contributed by atoms with E-state index in [1.54, 1.807) is 0 Å². The third-order valence-corrected chi connectivity index (χ3v) is 5.05. The lowest BCUT2D eigenvalue weighted by atomic mass is 9.67. The van der Waals surface area contributed by atoms with Gasteiger partial charge in [-0.25, -0.2) is 4.99 Å². The number of hydrogen-bond acceptors (Lipinski definition) is 2. The average molecular weight is 331 g/mol. The van der Waals surface area contributed by atoms with Crippen LogP contribution in [0, 0.1) is 5.41 Å². The highest BCUT2D eigenvalue weighted by molar-refractivity contribution is 5.79. The van der Waals surface area contributed by atoms with Crippen molar-refractivity contribution in [1.82, 2.24) is 15.5 Å². The van der Waals surface area contributed by atoms with Gasteiger partial charge >= 0.3 is 0 Å². The SMILES string of the molecule is CCNC(=NCc1cccc(CN(C)C)c1)NCC1(CC)CCC1. The molecule has 0 atom stereocenters. The minimum atomic E-state index is 0.502. The molecule has 4 nitrogen and oxygen atoms in total. The summed E-state index contributed by atoms with van der Waals surface area (Å²) < 4.78 is 0. The highest BCUT2D eigenvalue weighted by Crippen LogP contribution is 2.42.